The summed E-state index contributed by atoms with van der Waals surface area (Å²) in [6.45, 7) is 16.8. The lowest BCUT2D eigenvalue weighted by atomic mass is 9.96. The Morgan fingerprint density at radius 3 is 2.53 bits per heavy atom. The Morgan fingerprint density at radius 1 is 1.35 bits per heavy atom. The lowest BCUT2D eigenvalue weighted by molar-refractivity contribution is 0.193. The van der Waals surface area contributed by atoms with E-state index in [1.807, 2.05) is 0 Å². The summed E-state index contributed by atoms with van der Waals surface area (Å²) in [5.74, 6) is 1.66. The second-order valence-corrected chi connectivity index (χ2v) is 5.88. The van der Waals surface area contributed by atoms with E-state index in [1.54, 1.807) is 0 Å². The predicted molar refractivity (Wildman–Crippen MR) is 76.3 cm³/mol. The molecule has 1 fully saturated rings. The van der Waals surface area contributed by atoms with Crippen molar-refractivity contribution >= 4 is 0 Å². The van der Waals surface area contributed by atoms with Crippen LogP contribution in [-0.4, -0.2) is 37.6 Å². The number of likely N-dealkylation sites (tertiary alicyclic amines) is 1. The normalized spacial score (nSPS) is 18.8. The van der Waals surface area contributed by atoms with Crippen molar-refractivity contribution in [2.75, 3.05) is 32.7 Å². The summed E-state index contributed by atoms with van der Waals surface area (Å²) in [7, 11) is 0. The molecule has 0 aliphatic carbocycles. The highest BCUT2D eigenvalue weighted by Crippen LogP contribution is 2.17. The van der Waals surface area contributed by atoms with Gasteiger partial charge in [-0.2, -0.15) is 0 Å². The maximum Gasteiger partial charge on any atom is 0.0190 e. The molecule has 0 amide bonds. The summed E-state index contributed by atoms with van der Waals surface area (Å²) in [6.07, 6.45) is 3.82. The highest BCUT2D eigenvalue weighted by Gasteiger charge is 2.18. The SMILES string of the molecule is C=C(CC)CN1CCC(CNCC(C)C)CC1. The van der Waals surface area contributed by atoms with E-state index in [4.69, 9.17) is 0 Å². The van der Waals surface area contributed by atoms with Crippen LogP contribution in [0.5, 0.6) is 0 Å². The molecule has 0 bridgehead atoms. The molecule has 0 aromatic heterocycles. The first-order chi connectivity index (χ1) is 8.11. The standard InChI is InChI=1S/C15H30N2/c1-5-14(4)12-17-8-6-15(7-9-17)11-16-10-13(2)3/h13,15-16H,4-12H2,1-3H3. The summed E-state index contributed by atoms with van der Waals surface area (Å²) in [5.41, 5.74) is 1.38. The summed E-state index contributed by atoms with van der Waals surface area (Å²) >= 11 is 0. The maximum absolute atomic E-state index is 4.10. The van der Waals surface area contributed by atoms with E-state index < -0.39 is 0 Å². The molecule has 0 saturated carbocycles. The first-order valence-corrected chi connectivity index (χ1v) is 7.21. The van der Waals surface area contributed by atoms with Crippen LogP contribution in [0.3, 0.4) is 0 Å². The smallest absolute Gasteiger partial charge is 0.0190 e. The molecule has 0 unspecified atom stereocenters. The zero-order valence-electron chi connectivity index (χ0n) is 12.0. The average molecular weight is 238 g/mol. The highest BCUT2D eigenvalue weighted by atomic mass is 15.1. The molecule has 0 aromatic carbocycles. The zero-order valence-corrected chi connectivity index (χ0v) is 12.0. The monoisotopic (exact) mass is 238 g/mol. The number of nitrogens with zero attached hydrogens (tertiary/aromatic N) is 1. The summed E-state index contributed by atoms with van der Waals surface area (Å²) < 4.78 is 0. The lowest BCUT2D eigenvalue weighted by Crippen LogP contribution is -2.38. The molecule has 1 rings (SSSR count). The summed E-state index contributed by atoms with van der Waals surface area (Å²) in [6, 6.07) is 0. The molecule has 2 heteroatoms. The third-order valence-corrected chi connectivity index (χ3v) is 3.64. The van der Waals surface area contributed by atoms with Crippen molar-refractivity contribution < 1.29 is 0 Å². The Labute approximate surface area is 107 Å². The topological polar surface area (TPSA) is 15.3 Å². The number of nitrogens with one attached hydrogen (secondary N) is 1. The van der Waals surface area contributed by atoms with Gasteiger partial charge in [0.05, 0.1) is 0 Å². The zero-order chi connectivity index (χ0) is 12.7. The molecular formula is C15H30N2. The van der Waals surface area contributed by atoms with Crippen molar-refractivity contribution in [1.29, 1.82) is 0 Å². The molecule has 17 heavy (non-hydrogen) atoms. The van der Waals surface area contributed by atoms with Crippen LogP contribution in [0.4, 0.5) is 0 Å². The Balaban J connectivity index is 2.11. The molecule has 2 nitrogen and oxygen atoms in total. The fourth-order valence-corrected chi connectivity index (χ4v) is 2.35. The molecule has 1 saturated heterocycles. The van der Waals surface area contributed by atoms with E-state index in [-0.39, 0.29) is 0 Å². The molecule has 1 aliphatic heterocycles. The van der Waals surface area contributed by atoms with E-state index in [1.165, 1.54) is 38.0 Å². The van der Waals surface area contributed by atoms with Crippen LogP contribution in [0.2, 0.25) is 0 Å². The van der Waals surface area contributed by atoms with Crippen LogP contribution in [0.1, 0.15) is 40.0 Å². The Kier molecular flexibility index (Phi) is 6.83. The minimum atomic E-state index is 0.767. The van der Waals surface area contributed by atoms with Crippen LogP contribution < -0.4 is 5.32 Å². The van der Waals surface area contributed by atoms with Gasteiger partial charge in [-0.25, -0.2) is 0 Å². The minimum absolute atomic E-state index is 0.767. The van der Waals surface area contributed by atoms with Crippen molar-refractivity contribution in [2.24, 2.45) is 11.8 Å². The van der Waals surface area contributed by atoms with Gasteiger partial charge in [0.1, 0.15) is 0 Å². The van der Waals surface area contributed by atoms with Crippen LogP contribution >= 0.6 is 0 Å². The van der Waals surface area contributed by atoms with Gasteiger partial charge in [0, 0.05) is 6.54 Å². The lowest BCUT2D eigenvalue weighted by Gasteiger charge is -2.32. The van der Waals surface area contributed by atoms with Gasteiger partial charge >= 0.3 is 0 Å². The number of hydrogen-bond donors (Lipinski definition) is 1. The molecule has 1 aliphatic rings. The van der Waals surface area contributed by atoms with Crippen LogP contribution in [0, 0.1) is 11.8 Å². The number of rotatable bonds is 7. The molecule has 0 spiro atoms. The van der Waals surface area contributed by atoms with Gasteiger partial charge in [-0.05, 0) is 57.3 Å². The van der Waals surface area contributed by atoms with E-state index >= 15 is 0 Å². The molecule has 0 atom stereocenters. The molecule has 0 radical (unpaired) electrons. The van der Waals surface area contributed by atoms with E-state index in [0.717, 1.165) is 31.3 Å². The molecule has 1 N–H and O–H groups in total. The number of hydrogen-bond acceptors (Lipinski definition) is 2. The first-order valence-electron chi connectivity index (χ1n) is 7.21. The van der Waals surface area contributed by atoms with Gasteiger partial charge in [0.25, 0.3) is 0 Å². The van der Waals surface area contributed by atoms with Crippen molar-refractivity contribution in [3.05, 3.63) is 12.2 Å². The van der Waals surface area contributed by atoms with E-state index in [0.29, 0.717) is 0 Å². The van der Waals surface area contributed by atoms with Gasteiger partial charge in [0.2, 0.25) is 0 Å². The fourth-order valence-electron chi connectivity index (χ4n) is 2.35. The molecule has 0 aromatic rings. The Hall–Kier alpha value is -0.340. The Bertz CT molecular complexity index is 215. The van der Waals surface area contributed by atoms with Crippen molar-refractivity contribution in [3.8, 4) is 0 Å². The van der Waals surface area contributed by atoms with Gasteiger partial charge in [-0.1, -0.05) is 32.9 Å². The highest BCUT2D eigenvalue weighted by molar-refractivity contribution is 4.96. The van der Waals surface area contributed by atoms with E-state index in [9.17, 15) is 0 Å². The quantitative estimate of drug-likeness (QED) is 0.686. The fraction of sp³-hybridized carbons (Fsp3) is 0.867. The van der Waals surface area contributed by atoms with Crippen molar-refractivity contribution in [2.45, 2.75) is 40.0 Å². The third kappa shape index (κ3) is 6.23. The van der Waals surface area contributed by atoms with Crippen LogP contribution in [-0.2, 0) is 0 Å². The van der Waals surface area contributed by atoms with Gasteiger partial charge in [-0.15, -0.1) is 0 Å². The predicted octanol–water partition coefficient (Wildman–Crippen LogP) is 2.91. The van der Waals surface area contributed by atoms with Crippen LogP contribution in [0.15, 0.2) is 12.2 Å². The first kappa shape index (κ1) is 14.7. The molecule has 1 heterocycles. The molecule has 100 valence electrons. The van der Waals surface area contributed by atoms with Crippen molar-refractivity contribution in [3.63, 3.8) is 0 Å². The average Bonchev–Trinajstić information content (AvgIpc) is 2.31. The molecular weight excluding hydrogens is 208 g/mol. The summed E-state index contributed by atoms with van der Waals surface area (Å²) in [4.78, 5) is 2.56. The largest absolute Gasteiger partial charge is 0.316 e. The van der Waals surface area contributed by atoms with Crippen molar-refractivity contribution in [1.82, 2.24) is 10.2 Å². The Morgan fingerprint density at radius 2 is 2.00 bits per heavy atom. The van der Waals surface area contributed by atoms with E-state index in [2.05, 4.69) is 37.6 Å². The van der Waals surface area contributed by atoms with Gasteiger partial charge in [0.15, 0.2) is 0 Å². The third-order valence-electron chi connectivity index (χ3n) is 3.64. The van der Waals surface area contributed by atoms with Gasteiger partial charge < -0.3 is 5.32 Å². The number of piperidine rings is 1. The second kappa shape index (κ2) is 7.88. The van der Waals surface area contributed by atoms with Gasteiger partial charge in [-0.3, -0.25) is 4.90 Å². The minimum Gasteiger partial charge on any atom is -0.316 e. The summed E-state index contributed by atoms with van der Waals surface area (Å²) in [5, 5.41) is 3.59. The maximum atomic E-state index is 4.10. The van der Waals surface area contributed by atoms with Crippen LogP contribution in [0.25, 0.3) is 0 Å². The second-order valence-electron chi connectivity index (χ2n) is 5.88.